The molecule has 0 nitrogen and oxygen atoms in total. The van der Waals surface area contributed by atoms with Gasteiger partial charge in [0.15, 0.2) is 0 Å². The van der Waals surface area contributed by atoms with Gasteiger partial charge < -0.3 is 0 Å². The van der Waals surface area contributed by atoms with E-state index in [2.05, 4.69) is 176 Å². The first-order chi connectivity index (χ1) is 24.0. The first-order valence-corrected chi connectivity index (χ1v) is 25.0. The van der Waals surface area contributed by atoms with Gasteiger partial charge >= 0.3 is 41.9 Å². The number of hydrogen-bond donors (Lipinski definition) is 0. The standard InChI is InChI=1S/2C22H19S.C2H6Si.2ClH.Zr/c2*1-14-11-18-12-19(21-10-9-15(2)23-21)13-20(18)22(16(14)3)17-7-5-4-6-8-17;1-3-2;;;/h2*4-13H,1-3H3;1-2H3;2*1H;/q2*-1;;;;+2. The van der Waals surface area contributed by atoms with Crippen LogP contribution in [0.1, 0.15) is 32.0 Å². The summed E-state index contributed by atoms with van der Waals surface area (Å²) >= 11 is 5.47. The second-order valence-corrected chi connectivity index (χ2v) is 25.4. The third-order valence-corrected chi connectivity index (χ3v) is 11.3. The Kier molecular flexibility index (Phi) is 14.9. The van der Waals surface area contributed by atoms with Gasteiger partial charge in [0.05, 0.1) is 0 Å². The maximum Gasteiger partial charge on any atom is -0.00658 e. The molecule has 6 heteroatoms. The Labute approximate surface area is 345 Å². The Morgan fingerprint density at radius 2 is 0.846 bits per heavy atom. The number of rotatable bonds is 4. The van der Waals surface area contributed by atoms with Gasteiger partial charge in [-0.2, -0.15) is 22.7 Å². The average Bonchev–Trinajstić information content (AvgIpc) is 3.90. The molecule has 0 aliphatic rings. The Bertz CT molecular complexity index is 2260. The SMILES string of the molecule is C[Si](C)=[Zr+2].Cc1ccc(-c2cc3c(-c4ccccc4)c(C)c(C)cc3[cH-]2)s1.Cc1ccc(-c2cc3c(-c4ccccc4)c(C)c(C)cc3[cH-]2)s1.Cl.Cl. The van der Waals surface area contributed by atoms with Gasteiger partial charge in [0.1, 0.15) is 0 Å². The topological polar surface area (TPSA) is 0 Å². The van der Waals surface area contributed by atoms with Crippen molar-refractivity contribution in [3.05, 3.63) is 153 Å². The van der Waals surface area contributed by atoms with Gasteiger partial charge in [0.2, 0.25) is 0 Å². The molecule has 0 amide bonds. The van der Waals surface area contributed by atoms with Gasteiger partial charge in [0.25, 0.3) is 0 Å². The molecule has 0 fully saturated rings. The molecule has 0 spiro atoms. The van der Waals surface area contributed by atoms with Crippen LogP contribution in [0.4, 0.5) is 0 Å². The van der Waals surface area contributed by atoms with E-state index in [-0.39, 0.29) is 30.2 Å². The van der Waals surface area contributed by atoms with E-state index in [1.807, 2.05) is 22.7 Å². The van der Waals surface area contributed by atoms with Crippen LogP contribution in [0.15, 0.2) is 121 Å². The van der Waals surface area contributed by atoms with Gasteiger partial charge in [0, 0.05) is 0 Å². The van der Waals surface area contributed by atoms with E-state index in [9.17, 15) is 0 Å². The predicted octanol–water partition coefficient (Wildman–Crippen LogP) is 15.4. The minimum Gasteiger partial charge on any atom is -0.182 e. The van der Waals surface area contributed by atoms with E-state index < -0.39 is 0 Å². The molecule has 0 atom stereocenters. The molecule has 0 saturated heterocycles. The zero-order valence-corrected chi connectivity index (χ0v) is 37.9. The van der Waals surface area contributed by atoms with Crippen molar-refractivity contribution >= 4 is 74.5 Å². The van der Waals surface area contributed by atoms with Crippen LogP contribution in [0.2, 0.25) is 13.1 Å². The molecular weight excluding hydrogens is 807 g/mol. The van der Waals surface area contributed by atoms with Crippen molar-refractivity contribution in [2.24, 2.45) is 0 Å². The quantitative estimate of drug-likeness (QED) is 0.122. The second-order valence-electron chi connectivity index (χ2n) is 13.4. The van der Waals surface area contributed by atoms with Crippen molar-refractivity contribution in [2.75, 3.05) is 0 Å². The molecule has 6 aromatic carbocycles. The van der Waals surface area contributed by atoms with E-state index in [0.717, 1.165) is 0 Å². The van der Waals surface area contributed by atoms with Crippen LogP contribution in [-0.2, 0) is 23.3 Å². The summed E-state index contributed by atoms with van der Waals surface area (Å²) < 4.78 is 0. The molecular formula is C46H46Cl2S2SiZr. The van der Waals surface area contributed by atoms with Gasteiger partial charge in [-0.3, -0.25) is 0 Å². The summed E-state index contributed by atoms with van der Waals surface area (Å²) in [4.78, 5) is 5.43. The summed E-state index contributed by atoms with van der Waals surface area (Å²) in [7, 11) is 0. The molecule has 0 aliphatic heterocycles. The van der Waals surface area contributed by atoms with E-state index in [4.69, 9.17) is 0 Å². The monoisotopic (exact) mass is 850 g/mol. The summed E-state index contributed by atoms with van der Waals surface area (Å²) in [5, 5.41) is 5.40. The average molecular weight is 853 g/mol. The first-order valence-electron chi connectivity index (χ1n) is 17.2. The Balaban J connectivity index is 0.000000204. The Morgan fingerprint density at radius 1 is 0.500 bits per heavy atom. The molecule has 52 heavy (non-hydrogen) atoms. The van der Waals surface area contributed by atoms with Gasteiger partial charge in [-0.1, -0.05) is 107 Å². The molecule has 0 bridgehead atoms. The number of benzene rings is 4. The molecule has 2 heterocycles. The van der Waals surface area contributed by atoms with Crippen LogP contribution in [0, 0.1) is 41.5 Å². The summed E-state index contributed by atoms with van der Waals surface area (Å²) in [6.07, 6.45) is 0. The van der Waals surface area contributed by atoms with Crippen LogP contribution in [-0.4, -0.2) is 5.43 Å². The van der Waals surface area contributed by atoms with E-state index in [1.165, 1.54) is 96.7 Å². The number of aryl methyl sites for hydroxylation is 4. The zero-order valence-electron chi connectivity index (χ0n) is 31.2. The van der Waals surface area contributed by atoms with Crippen molar-refractivity contribution in [3.8, 4) is 43.1 Å². The van der Waals surface area contributed by atoms with Gasteiger partial charge in [-0.25, -0.2) is 0 Å². The van der Waals surface area contributed by atoms with Gasteiger partial charge in [-0.15, -0.1) is 93.9 Å². The summed E-state index contributed by atoms with van der Waals surface area (Å²) in [6, 6.07) is 44.4. The molecule has 0 aliphatic carbocycles. The number of thiophene rings is 2. The minimum absolute atomic E-state index is 0. The second kappa shape index (κ2) is 18.5. The van der Waals surface area contributed by atoms with Crippen molar-refractivity contribution in [1.82, 2.24) is 0 Å². The van der Waals surface area contributed by atoms with Crippen LogP contribution in [0.25, 0.3) is 64.7 Å². The Hall–Kier alpha value is -2.82. The molecule has 2 aromatic heterocycles. The summed E-state index contributed by atoms with van der Waals surface area (Å²) in [5.74, 6) is 0. The molecule has 264 valence electrons. The van der Waals surface area contributed by atoms with Crippen LogP contribution in [0.5, 0.6) is 0 Å². The van der Waals surface area contributed by atoms with Crippen LogP contribution in [0.3, 0.4) is 0 Å². The fourth-order valence-corrected chi connectivity index (χ4v) is 8.33. The number of hydrogen-bond acceptors (Lipinski definition) is 2. The van der Waals surface area contributed by atoms with E-state index >= 15 is 0 Å². The van der Waals surface area contributed by atoms with E-state index in [1.54, 1.807) is 23.3 Å². The number of halogens is 2. The third-order valence-electron chi connectivity index (χ3n) is 9.23. The minimum atomic E-state index is 0. The summed E-state index contributed by atoms with van der Waals surface area (Å²) in [6.45, 7) is 17.8. The Morgan fingerprint density at radius 3 is 1.15 bits per heavy atom. The van der Waals surface area contributed by atoms with Crippen molar-refractivity contribution in [3.63, 3.8) is 0 Å². The number of fused-ring (bicyclic) bond motifs is 2. The maximum atomic E-state index is 2.36. The van der Waals surface area contributed by atoms with Crippen molar-refractivity contribution in [2.45, 2.75) is 54.6 Å². The van der Waals surface area contributed by atoms with Crippen molar-refractivity contribution in [1.29, 1.82) is 0 Å². The normalized spacial score (nSPS) is 10.5. The molecule has 0 N–H and O–H groups in total. The maximum absolute atomic E-state index is 2.36. The summed E-state index contributed by atoms with van der Waals surface area (Å²) in [5.41, 5.74) is 13.7. The predicted molar refractivity (Wildman–Crippen MR) is 237 cm³/mol. The van der Waals surface area contributed by atoms with E-state index in [0.29, 0.717) is 0 Å². The largest absolute Gasteiger partial charge is 0.182 e. The van der Waals surface area contributed by atoms with Crippen LogP contribution < -0.4 is 0 Å². The van der Waals surface area contributed by atoms with Crippen molar-refractivity contribution < 1.29 is 23.3 Å². The molecule has 0 unspecified atom stereocenters. The third kappa shape index (κ3) is 9.45. The molecule has 8 aromatic rings. The fraction of sp³-hybridized carbons (Fsp3) is 0.174. The fourth-order valence-electron chi connectivity index (χ4n) is 6.62. The molecule has 0 saturated carbocycles. The molecule has 0 radical (unpaired) electrons. The molecule has 8 rings (SSSR count). The smallest absolute Gasteiger partial charge is 0.00658 e. The van der Waals surface area contributed by atoms with Gasteiger partial charge in [-0.05, 0) is 83.3 Å². The first kappa shape index (κ1) is 41.9. The van der Waals surface area contributed by atoms with Crippen LogP contribution >= 0.6 is 47.5 Å². The zero-order chi connectivity index (χ0) is 35.5.